The number of rotatable bonds is 5. The Morgan fingerprint density at radius 3 is 2.64 bits per heavy atom. The van der Waals surface area contributed by atoms with Crippen LogP contribution in [0.15, 0.2) is 16.5 Å². The molecule has 2 amide bonds. The molecule has 1 aliphatic rings. The molecule has 0 aromatic carbocycles. The lowest BCUT2D eigenvalue weighted by molar-refractivity contribution is -0.402. The highest BCUT2D eigenvalue weighted by Crippen LogP contribution is 2.21. The van der Waals surface area contributed by atoms with Crippen molar-refractivity contribution in [1.29, 1.82) is 0 Å². The average Bonchev–Trinajstić information content (AvgIpc) is 2.91. The fraction of sp³-hybridized carbons (Fsp3) is 0.533. The topological polar surface area (TPSA) is 134 Å². The smallest absolute Gasteiger partial charge is 0.433 e. The van der Waals surface area contributed by atoms with Gasteiger partial charge in [-0.3, -0.25) is 24.5 Å². The molecule has 1 N–H and O–H groups in total. The second-order valence-electron chi connectivity index (χ2n) is 5.81. The molecule has 0 radical (unpaired) electrons. The fourth-order valence-corrected chi connectivity index (χ4v) is 2.93. The number of likely N-dealkylation sites (tertiary alicyclic amines) is 1. The predicted molar refractivity (Wildman–Crippen MR) is 83.9 cm³/mol. The van der Waals surface area contributed by atoms with Gasteiger partial charge in [0.15, 0.2) is 5.76 Å². The summed E-state index contributed by atoms with van der Waals surface area (Å²) in [5.74, 6) is -2.48. The van der Waals surface area contributed by atoms with E-state index in [0.717, 1.165) is 6.07 Å². The van der Waals surface area contributed by atoms with Crippen molar-refractivity contribution in [3.8, 4) is 0 Å². The minimum absolute atomic E-state index is 0.112. The van der Waals surface area contributed by atoms with Crippen molar-refractivity contribution >= 4 is 23.7 Å². The molecule has 10 heteroatoms. The summed E-state index contributed by atoms with van der Waals surface area (Å²) in [6.07, 6.45) is 1.60. The van der Waals surface area contributed by atoms with Gasteiger partial charge in [0.2, 0.25) is 5.91 Å². The zero-order chi connectivity index (χ0) is 18.6. The molecule has 25 heavy (non-hydrogen) atoms. The van der Waals surface area contributed by atoms with Crippen LogP contribution in [0.3, 0.4) is 0 Å². The molecule has 1 aromatic heterocycles. The summed E-state index contributed by atoms with van der Waals surface area (Å²) in [5, 5.41) is 19.6. The lowest BCUT2D eigenvalue weighted by atomic mass is 10.1. The largest absolute Gasteiger partial charge is 0.480 e. The standard InChI is InChI=1S/C15H19N3O7/c1-10(19)17(9-14(20)21)11-3-2-7-16(8-6-11)15(22)12-4-5-13(25-12)18(23)24/h4-5,11H,2-3,6-9H2,1H3,(H,20,21). The molecule has 1 aliphatic heterocycles. The van der Waals surface area contributed by atoms with Crippen LogP contribution in [-0.2, 0) is 9.59 Å². The molecule has 1 aromatic rings. The van der Waals surface area contributed by atoms with Crippen LogP contribution in [0.4, 0.5) is 5.88 Å². The molecule has 136 valence electrons. The van der Waals surface area contributed by atoms with Gasteiger partial charge >= 0.3 is 11.9 Å². The summed E-state index contributed by atoms with van der Waals surface area (Å²) >= 11 is 0. The van der Waals surface area contributed by atoms with E-state index in [1.807, 2.05) is 0 Å². The summed E-state index contributed by atoms with van der Waals surface area (Å²) in [6.45, 7) is 1.65. The van der Waals surface area contributed by atoms with Gasteiger partial charge in [-0.25, -0.2) is 0 Å². The number of carbonyl (C=O) groups is 3. The van der Waals surface area contributed by atoms with E-state index in [-0.39, 0.29) is 24.3 Å². The van der Waals surface area contributed by atoms with Gasteiger partial charge in [-0.1, -0.05) is 0 Å². The fourth-order valence-electron chi connectivity index (χ4n) is 2.93. The van der Waals surface area contributed by atoms with E-state index in [9.17, 15) is 24.5 Å². The Morgan fingerprint density at radius 1 is 1.36 bits per heavy atom. The van der Waals surface area contributed by atoms with E-state index in [2.05, 4.69) is 0 Å². The maximum Gasteiger partial charge on any atom is 0.433 e. The van der Waals surface area contributed by atoms with Gasteiger partial charge in [-0.15, -0.1) is 0 Å². The number of carboxylic acid groups (broad SMARTS) is 1. The lowest BCUT2D eigenvalue weighted by Gasteiger charge is -2.28. The number of aliphatic carboxylic acids is 1. The van der Waals surface area contributed by atoms with Gasteiger partial charge < -0.3 is 19.3 Å². The normalized spacial score (nSPS) is 17.6. The molecule has 0 aliphatic carbocycles. The molecule has 1 atom stereocenters. The highest BCUT2D eigenvalue weighted by molar-refractivity contribution is 5.91. The third-order valence-corrected chi connectivity index (χ3v) is 4.12. The van der Waals surface area contributed by atoms with Crippen LogP contribution < -0.4 is 0 Å². The number of carbonyl (C=O) groups excluding carboxylic acids is 2. The molecule has 1 fully saturated rings. The molecule has 0 spiro atoms. The summed E-state index contributed by atoms with van der Waals surface area (Å²) in [4.78, 5) is 47.8. The Hall–Kier alpha value is -2.91. The molecule has 10 nitrogen and oxygen atoms in total. The van der Waals surface area contributed by atoms with Crippen molar-refractivity contribution < 1.29 is 28.8 Å². The van der Waals surface area contributed by atoms with Crippen molar-refractivity contribution in [1.82, 2.24) is 9.80 Å². The molecule has 2 rings (SSSR count). The molecular formula is C15H19N3O7. The zero-order valence-corrected chi connectivity index (χ0v) is 13.7. The van der Waals surface area contributed by atoms with Crippen LogP contribution in [-0.4, -0.2) is 63.3 Å². The van der Waals surface area contributed by atoms with Gasteiger partial charge in [-0.2, -0.15) is 0 Å². The van der Waals surface area contributed by atoms with E-state index in [0.29, 0.717) is 32.4 Å². The van der Waals surface area contributed by atoms with E-state index < -0.39 is 22.7 Å². The van der Waals surface area contributed by atoms with Crippen LogP contribution in [0.25, 0.3) is 0 Å². The number of hydrogen-bond acceptors (Lipinski definition) is 6. The van der Waals surface area contributed by atoms with Gasteiger partial charge in [-0.05, 0) is 25.3 Å². The highest BCUT2D eigenvalue weighted by Gasteiger charge is 2.29. The molecule has 1 unspecified atom stereocenters. The monoisotopic (exact) mass is 353 g/mol. The number of nitro groups is 1. The molecular weight excluding hydrogens is 334 g/mol. The number of carboxylic acids is 1. The SMILES string of the molecule is CC(=O)N(CC(=O)O)C1CCCN(C(=O)c2ccc([N+](=O)[O-])o2)CC1. The van der Waals surface area contributed by atoms with Gasteiger partial charge in [0.1, 0.15) is 11.5 Å². The average molecular weight is 353 g/mol. The maximum absolute atomic E-state index is 12.4. The summed E-state index contributed by atoms with van der Waals surface area (Å²) < 4.78 is 4.93. The van der Waals surface area contributed by atoms with Crippen molar-refractivity contribution in [2.45, 2.75) is 32.2 Å². The molecule has 0 bridgehead atoms. The van der Waals surface area contributed by atoms with Crippen LogP contribution in [0, 0.1) is 10.1 Å². The Balaban J connectivity index is 2.04. The van der Waals surface area contributed by atoms with Crippen molar-refractivity contribution in [3.63, 3.8) is 0 Å². The predicted octanol–water partition coefficient (Wildman–Crippen LogP) is 1.12. The maximum atomic E-state index is 12.4. The van der Waals surface area contributed by atoms with Crippen molar-refractivity contribution in [3.05, 3.63) is 28.0 Å². The summed E-state index contributed by atoms with van der Waals surface area (Å²) in [6, 6.07) is 2.12. The van der Waals surface area contributed by atoms with Crippen molar-refractivity contribution in [2.75, 3.05) is 19.6 Å². The minimum atomic E-state index is -1.09. The van der Waals surface area contributed by atoms with Gasteiger partial charge in [0.05, 0.1) is 6.07 Å². The number of amides is 2. The Kier molecular flexibility index (Phi) is 5.73. The van der Waals surface area contributed by atoms with Gasteiger partial charge in [0, 0.05) is 26.1 Å². The summed E-state index contributed by atoms with van der Waals surface area (Å²) in [5.41, 5.74) is 0. The van der Waals surface area contributed by atoms with E-state index in [1.54, 1.807) is 0 Å². The first-order valence-electron chi connectivity index (χ1n) is 7.82. The van der Waals surface area contributed by atoms with Gasteiger partial charge in [0.25, 0.3) is 5.91 Å². The van der Waals surface area contributed by atoms with Crippen LogP contribution in [0.1, 0.15) is 36.7 Å². The second-order valence-corrected chi connectivity index (χ2v) is 5.81. The number of hydrogen-bond donors (Lipinski definition) is 1. The van der Waals surface area contributed by atoms with E-state index in [4.69, 9.17) is 9.52 Å². The molecule has 2 heterocycles. The van der Waals surface area contributed by atoms with Crippen molar-refractivity contribution in [2.24, 2.45) is 0 Å². The first-order chi connectivity index (χ1) is 11.8. The first kappa shape index (κ1) is 18.4. The van der Waals surface area contributed by atoms with Crippen LogP contribution in [0.5, 0.6) is 0 Å². The Morgan fingerprint density at radius 2 is 2.08 bits per heavy atom. The summed E-state index contributed by atoms with van der Waals surface area (Å²) in [7, 11) is 0. The minimum Gasteiger partial charge on any atom is -0.480 e. The molecule has 1 saturated heterocycles. The van der Waals surface area contributed by atoms with Crippen LogP contribution >= 0.6 is 0 Å². The van der Waals surface area contributed by atoms with Crippen LogP contribution in [0.2, 0.25) is 0 Å². The van der Waals surface area contributed by atoms with E-state index in [1.165, 1.54) is 22.8 Å². The zero-order valence-electron chi connectivity index (χ0n) is 13.7. The van der Waals surface area contributed by atoms with E-state index >= 15 is 0 Å². The lowest BCUT2D eigenvalue weighted by Crippen LogP contribution is -2.43. The Labute approximate surface area is 143 Å². The third-order valence-electron chi connectivity index (χ3n) is 4.12. The molecule has 0 saturated carbocycles. The second kappa shape index (κ2) is 7.77. The highest BCUT2D eigenvalue weighted by atomic mass is 16.6. The quantitative estimate of drug-likeness (QED) is 0.619. The first-order valence-corrected chi connectivity index (χ1v) is 7.82. The number of furan rings is 1. The number of nitrogens with zero attached hydrogens (tertiary/aromatic N) is 3. The third kappa shape index (κ3) is 4.55. The Bertz CT molecular complexity index is 684.